The Morgan fingerprint density at radius 3 is 2.55 bits per heavy atom. The molecule has 122 valence electrons. The third kappa shape index (κ3) is 4.45. The van der Waals surface area contributed by atoms with E-state index in [4.69, 9.17) is 5.73 Å². The molecule has 6 heteroatoms. The minimum absolute atomic E-state index is 0. The largest absolute Gasteiger partial charge is 0.352 e. The summed E-state index contributed by atoms with van der Waals surface area (Å²) in [5, 5.41) is 5.64. The summed E-state index contributed by atoms with van der Waals surface area (Å²) >= 11 is 0. The Hall–Kier alpha value is -1.59. The van der Waals surface area contributed by atoms with Crippen LogP contribution in [0.2, 0.25) is 0 Å². The van der Waals surface area contributed by atoms with Gasteiger partial charge in [0.1, 0.15) is 0 Å². The van der Waals surface area contributed by atoms with E-state index in [1.807, 2.05) is 19.1 Å². The van der Waals surface area contributed by atoms with E-state index in [2.05, 4.69) is 10.6 Å². The van der Waals surface area contributed by atoms with Crippen molar-refractivity contribution >= 4 is 24.2 Å². The maximum Gasteiger partial charge on any atom is 0.251 e. The standard InChI is InChI=1S/C16H23N3O2.ClH/c1-2-18-14(20)13-7-5-6-12(10-13)11-19-15(21)16(17)8-3-4-9-16;/h5-7,10H,2-4,8-9,11,17H2,1H3,(H,18,20)(H,19,21);1H. The second-order valence-electron chi connectivity index (χ2n) is 5.61. The van der Waals surface area contributed by atoms with E-state index < -0.39 is 5.54 Å². The number of hydrogen-bond donors (Lipinski definition) is 3. The molecule has 0 heterocycles. The number of carbonyl (C=O) groups excluding carboxylic acids is 2. The van der Waals surface area contributed by atoms with Crippen LogP contribution in [0.1, 0.15) is 48.5 Å². The lowest BCUT2D eigenvalue weighted by Gasteiger charge is -2.22. The molecule has 1 fully saturated rings. The van der Waals surface area contributed by atoms with Crippen molar-refractivity contribution in [3.05, 3.63) is 35.4 Å². The second-order valence-corrected chi connectivity index (χ2v) is 5.61. The molecule has 4 N–H and O–H groups in total. The smallest absolute Gasteiger partial charge is 0.251 e. The van der Waals surface area contributed by atoms with Crippen LogP contribution in [0.4, 0.5) is 0 Å². The first-order valence-electron chi connectivity index (χ1n) is 7.49. The zero-order valence-electron chi connectivity index (χ0n) is 12.9. The number of carbonyl (C=O) groups is 2. The third-order valence-electron chi connectivity index (χ3n) is 3.93. The van der Waals surface area contributed by atoms with Crippen LogP contribution in [0, 0.1) is 0 Å². The predicted molar refractivity (Wildman–Crippen MR) is 88.9 cm³/mol. The molecule has 1 saturated carbocycles. The van der Waals surface area contributed by atoms with E-state index in [-0.39, 0.29) is 24.2 Å². The summed E-state index contributed by atoms with van der Waals surface area (Å²) in [6, 6.07) is 7.27. The summed E-state index contributed by atoms with van der Waals surface area (Å²) < 4.78 is 0. The van der Waals surface area contributed by atoms with Gasteiger partial charge < -0.3 is 16.4 Å². The highest BCUT2D eigenvalue weighted by Gasteiger charge is 2.36. The average Bonchev–Trinajstić information content (AvgIpc) is 2.93. The molecule has 0 radical (unpaired) electrons. The van der Waals surface area contributed by atoms with Crippen LogP contribution in [-0.2, 0) is 11.3 Å². The Labute approximate surface area is 137 Å². The molecule has 0 unspecified atom stereocenters. The van der Waals surface area contributed by atoms with E-state index in [1.54, 1.807) is 12.1 Å². The molecule has 0 atom stereocenters. The molecule has 1 aliphatic carbocycles. The van der Waals surface area contributed by atoms with Gasteiger partial charge in [-0.3, -0.25) is 9.59 Å². The number of benzene rings is 1. The maximum absolute atomic E-state index is 12.1. The summed E-state index contributed by atoms with van der Waals surface area (Å²) in [6.07, 6.45) is 3.52. The Morgan fingerprint density at radius 1 is 1.23 bits per heavy atom. The Balaban J connectivity index is 0.00000242. The SMILES string of the molecule is CCNC(=O)c1cccc(CNC(=O)C2(N)CCCC2)c1.Cl. The number of amides is 2. The van der Waals surface area contributed by atoms with Crippen LogP contribution in [0.5, 0.6) is 0 Å². The Morgan fingerprint density at radius 2 is 1.91 bits per heavy atom. The third-order valence-corrected chi connectivity index (χ3v) is 3.93. The number of nitrogens with two attached hydrogens (primary N) is 1. The van der Waals surface area contributed by atoms with Gasteiger partial charge >= 0.3 is 0 Å². The van der Waals surface area contributed by atoms with Gasteiger partial charge in [0.05, 0.1) is 5.54 Å². The number of halogens is 1. The quantitative estimate of drug-likeness (QED) is 0.771. The molecule has 1 aliphatic rings. The molecule has 1 aromatic carbocycles. The van der Waals surface area contributed by atoms with E-state index in [0.717, 1.165) is 31.2 Å². The second kappa shape index (κ2) is 8.15. The lowest BCUT2D eigenvalue weighted by molar-refractivity contribution is -0.126. The number of hydrogen-bond acceptors (Lipinski definition) is 3. The van der Waals surface area contributed by atoms with Crippen molar-refractivity contribution in [2.24, 2.45) is 5.73 Å². The average molecular weight is 326 g/mol. The van der Waals surface area contributed by atoms with E-state index in [0.29, 0.717) is 18.7 Å². The van der Waals surface area contributed by atoms with Gasteiger partial charge in [0.15, 0.2) is 0 Å². The van der Waals surface area contributed by atoms with Crippen LogP contribution < -0.4 is 16.4 Å². The van der Waals surface area contributed by atoms with Crippen LogP contribution in [0.3, 0.4) is 0 Å². The molecule has 0 saturated heterocycles. The predicted octanol–water partition coefficient (Wildman–Crippen LogP) is 1.75. The first-order valence-corrected chi connectivity index (χ1v) is 7.49. The van der Waals surface area contributed by atoms with Crippen molar-refractivity contribution in [1.29, 1.82) is 0 Å². The number of nitrogens with one attached hydrogen (secondary N) is 2. The molecule has 0 aromatic heterocycles. The van der Waals surface area contributed by atoms with Gasteiger partial charge in [0.25, 0.3) is 5.91 Å². The monoisotopic (exact) mass is 325 g/mol. The van der Waals surface area contributed by atoms with E-state index in [1.165, 1.54) is 0 Å². The molecule has 5 nitrogen and oxygen atoms in total. The first kappa shape index (κ1) is 18.5. The molecule has 2 amide bonds. The lowest BCUT2D eigenvalue weighted by atomic mass is 9.98. The fourth-order valence-corrected chi connectivity index (χ4v) is 2.68. The highest BCUT2D eigenvalue weighted by molar-refractivity contribution is 5.94. The number of rotatable bonds is 5. The highest BCUT2D eigenvalue weighted by Crippen LogP contribution is 2.27. The summed E-state index contributed by atoms with van der Waals surface area (Å²) in [6.45, 7) is 2.87. The van der Waals surface area contributed by atoms with E-state index >= 15 is 0 Å². The van der Waals surface area contributed by atoms with Crippen LogP contribution in [0.25, 0.3) is 0 Å². The topological polar surface area (TPSA) is 84.2 Å². The molecular formula is C16H24ClN3O2. The minimum Gasteiger partial charge on any atom is -0.352 e. The Kier molecular flexibility index (Phi) is 6.84. The van der Waals surface area contributed by atoms with Crippen molar-refractivity contribution in [1.82, 2.24) is 10.6 Å². The van der Waals surface area contributed by atoms with Gasteiger partial charge in [-0.2, -0.15) is 0 Å². The minimum atomic E-state index is -0.711. The zero-order chi connectivity index (χ0) is 15.3. The first-order chi connectivity index (χ1) is 10.0. The molecule has 0 aliphatic heterocycles. The lowest BCUT2D eigenvalue weighted by Crippen LogP contribution is -2.51. The van der Waals surface area contributed by atoms with Gasteiger partial charge in [-0.05, 0) is 37.5 Å². The summed E-state index contributed by atoms with van der Waals surface area (Å²) in [5.74, 6) is -0.194. The zero-order valence-corrected chi connectivity index (χ0v) is 13.7. The van der Waals surface area contributed by atoms with Gasteiger partial charge in [0.2, 0.25) is 5.91 Å². The van der Waals surface area contributed by atoms with Crippen molar-refractivity contribution in [2.75, 3.05) is 6.54 Å². The molecular weight excluding hydrogens is 302 g/mol. The van der Waals surface area contributed by atoms with Gasteiger partial charge in [-0.15, -0.1) is 12.4 Å². The van der Waals surface area contributed by atoms with Gasteiger partial charge in [-0.25, -0.2) is 0 Å². The molecule has 2 rings (SSSR count). The van der Waals surface area contributed by atoms with Crippen LogP contribution >= 0.6 is 12.4 Å². The fourth-order valence-electron chi connectivity index (χ4n) is 2.68. The Bertz CT molecular complexity index is 528. The molecule has 1 aromatic rings. The van der Waals surface area contributed by atoms with Crippen molar-refractivity contribution in [3.63, 3.8) is 0 Å². The highest BCUT2D eigenvalue weighted by atomic mass is 35.5. The molecule has 0 spiro atoms. The van der Waals surface area contributed by atoms with Gasteiger partial charge in [0, 0.05) is 18.7 Å². The molecule has 0 bridgehead atoms. The fraction of sp³-hybridized carbons (Fsp3) is 0.500. The van der Waals surface area contributed by atoms with Gasteiger partial charge in [-0.1, -0.05) is 25.0 Å². The van der Waals surface area contributed by atoms with Crippen molar-refractivity contribution in [2.45, 2.75) is 44.7 Å². The van der Waals surface area contributed by atoms with Crippen molar-refractivity contribution in [3.8, 4) is 0 Å². The normalized spacial score (nSPS) is 15.7. The summed E-state index contributed by atoms with van der Waals surface area (Å²) in [5.41, 5.74) is 6.90. The van der Waals surface area contributed by atoms with Crippen LogP contribution in [-0.4, -0.2) is 23.9 Å². The van der Waals surface area contributed by atoms with E-state index in [9.17, 15) is 9.59 Å². The maximum atomic E-state index is 12.1. The molecule has 22 heavy (non-hydrogen) atoms. The van der Waals surface area contributed by atoms with Crippen LogP contribution in [0.15, 0.2) is 24.3 Å². The summed E-state index contributed by atoms with van der Waals surface area (Å²) in [7, 11) is 0. The summed E-state index contributed by atoms with van der Waals surface area (Å²) in [4.78, 5) is 23.9. The van der Waals surface area contributed by atoms with Crippen molar-refractivity contribution < 1.29 is 9.59 Å².